The van der Waals surface area contributed by atoms with Gasteiger partial charge in [-0.15, -0.1) is 0 Å². The summed E-state index contributed by atoms with van der Waals surface area (Å²) >= 11 is 0. The summed E-state index contributed by atoms with van der Waals surface area (Å²) in [5.41, 5.74) is 26.7. The normalized spacial score (nSPS) is 11.8. The van der Waals surface area contributed by atoms with E-state index in [0.29, 0.717) is 11.5 Å². The molecule has 79 heavy (non-hydrogen) atoms. The molecule has 368 valence electrons. The van der Waals surface area contributed by atoms with Crippen LogP contribution in [0.5, 0.6) is 11.5 Å². The standard InChI is InChI=1S/C74H46N4O/c1-3-21-49(22-4-1)55-37-17-39-65-61-33-11-7-29-57(61)59-31-9-13-35-63(59)67-41-19-43-69-73(67)77(71(55)65)47-75(69)51-25-15-27-53(45-51)79-54-28-16-26-52(46-54)76-48-78-72-56(50-23-5-2-6-24-50)38-18-40-66(72)62-34-12-8-30-58(62)60-32-10-14-36-64(60)68-42-20-44-70(76)74(68)78/h1-46H. The highest BCUT2D eigenvalue weighted by Crippen LogP contribution is 2.47. The van der Waals surface area contributed by atoms with E-state index in [0.717, 1.165) is 89.3 Å². The van der Waals surface area contributed by atoms with Crippen molar-refractivity contribution < 1.29 is 13.9 Å². The molecule has 0 bridgehead atoms. The van der Waals surface area contributed by atoms with Crippen LogP contribution < -0.4 is 13.9 Å². The first-order chi connectivity index (χ1) is 39.2. The van der Waals surface area contributed by atoms with Gasteiger partial charge in [-0.05, 0) is 125 Å². The van der Waals surface area contributed by atoms with E-state index < -0.39 is 0 Å². The molecule has 0 amide bonds. The van der Waals surface area contributed by atoms with Crippen LogP contribution in [0.1, 0.15) is 0 Å². The van der Waals surface area contributed by atoms with Crippen molar-refractivity contribution in [2.45, 2.75) is 0 Å². The fourth-order valence-electron chi connectivity index (χ4n) is 12.5. The summed E-state index contributed by atoms with van der Waals surface area (Å²) in [5, 5.41) is 0. The number of para-hydroxylation sites is 4. The largest absolute Gasteiger partial charge is 0.458 e. The van der Waals surface area contributed by atoms with Crippen LogP contribution >= 0.6 is 0 Å². The number of hydrogen-bond acceptors (Lipinski definition) is 1. The van der Waals surface area contributed by atoms with Crippen molar-refractivity contribution in [3.63, 3.8) is 0 Å². The number of nitrogens with zero attached hydrogens (tertiary/aromatic N) is 4. The number of ether oxygens (including phenoxy) is 1. The van der Waals surface area contributed by atoms with Crippen molar-refractivity contribution >= 4 is 22.1 Å². The third kappa shape index (κ3) is 7.10. The molecule has 5 heteroatoms. The lowest BCUT2D eigenvalue weighted by Gasteiger charge is -2.18. The van der Waals surface area contributed by atoms with Crippen molar-refractivity contribution in [3.8, 4) is 123 Å². The van der Waals surface area contributed by atoms with E-state index in [2.05, 4.69) is 298 Å². The summed E-state index contributed by atoms with van der Waals surface area (Å²) in [6, 6.07) is 99.9. The highest BCUT2D eigenvalue weighted by atomic mass is 16.5. The van der Waals surface area contributed by atoms with Gasteiger partial charge in [-0.3, -0.25) is 18.3 Å². The maximum Gasteiger partial charge on any atom is 0.269 e. The number of aromatic nitrogens is 4. The second kappa shape index (κ2) is 18.0. The molecule has 0 saturated carbocycles. The highest BCUT2D eigenvalue weighted by molar-refractivity contribution is 6.03. The molecule has 0 spiro atoms. The van der Waals surface area contributed by atoms with Gasteiger partial charge in [0.15, 0.2) is 0 Å². The summed E-state index contributed by atoms with van der Waals surface area (Å²) in [6.07, 6.45) is 7.88. The number of imidazole rings is 2. The smallest absolute Gasteiger partial charge is 0.269 e. The van der Waals surface area contributed by atoms with Crippen molar-refractivity contribution in [3.05, 3.63) is 292 Å². The molecule has 0 unspecified atom stereocenters. The molecule has 0 radical (unpaired) electrons. The Morgan fingerprint density at radius 2 is 0.544 bits per heavy atom. The lowest BCUT2D eigenvalue weighted by Crippen LogP contribution is -2.32. The topological polar surface area (TPSA) is 26.8 Å². The van der Waals surface area contributed by atoms with E-state index in [-0.39, 0.29) is 0 Å². The Balaban J connectivity index is 0.850. The van der Waals surface area contributed by atoms with Gasteiger partial charge in [-0.25, -0.2) is 0 Å². The molecule has 16 rings (SSSR count). The zero-order chi connectivity index (χ0) is 52.0. The molecule has 12 aromatic carbocycles. The maximum absolute atomic E-state index is 6.95. The Morgan fingerprint density at radius 3 is 0.937 bits per heavy atom. The molecule has 0 fully saturated rings. The Kier molecular flexibility index (Phi) is 10.2. The Morgan fingerprint density at radius 1 is 0.253 bits per heavy atom. The van der Waals surface area contributed by atoms with Crippen LogP contribution in [0, 0.1) is 12.7 Å². The first-order valence-corrected chi connectivity index (χ1v) is 26.8. The van der Waals surface area contributed by atoms with E-state index in [1.165, 1.54) is 44.5 Å². The summed E-state index contributed by atoms with van der Waals surface area (Å²) in [5.74, 6) is 1.41. The number of benzene rings is 12. The van der Waals surface area contributed by atoms with Crippen molar-refractivity contribution in [1.82, 2.24) is 9.13 Å². The third-order valence-corrected chi connectivity index (χ3v) is 15.9. The molecule has 0 saturated heterocycles. The van der Waals surface area contributed by atoms with Gasteiger partial charge in [0.1, 0.15) is 11.5 Å². The summed E-state index contributed by atoms with van der Waals surface area (Å²) in [6.45, 7) is 0. The lowest BCUT2D eigenvalue weighted by molar-refractivity contribution is -0.571. The van der Waals surface area contributed by atoms with Crippen LogP contribution in [0.15, 0.2) is 279 Å². The molecule has 0 N–H and O–H groups in total. The number of hydrogen-bond donors (Lipinski definition) is 0. The molecule has 2 aromatic heterocycles. The van der Waals surface area contributed by atoms with E-state index in [4.69, 9.17) is 4.74 Å². The van der Waals surface area contributed by atoms with Crippen LogP contribution in [-0.2, 0) is 0 Å². The zero-order valence-electron chi connectivity index (χ0n) is 42.8. The first kappa shape index (κ1) is 44.7. The summed E-state index contributed by atoms with van der Waals surface area (Å²) < 4.78 is 15.9. The second-order valence-electron chi connectivity index (χ2n) is 20.3. The first-order valence-electron chi connectivity index (χ1n) is 26.8. The van der Waals surface area contributed by atoms with Gasteiger partial charge in [-0.1, -0.05) is 243 Å². The molecule has 5 nitrogen and oxygen atoms in total. The van der Waals surface area contributed by atoms with Crippen molar-refractivity contribution in [1.29, 1.82) is 0 Å². The van der Waals surface area contributed by atoms with Crippen LogP contribution in [0.3, 0.4) is 0 Å². The molecule has 0 aliphatic carbocycles. The van der Waals surface area contributed by atoms with Crippen LogP contribution in [0.25, 0.3) is 134 Å². The van der Waals surface area contributed by atoms with Crippen LogP contribution in [0.4, 0.5) is 0 Å². The average Bonchev–Trinajstić information content (AvgIpc) is 4.16. The Hall–Kier alpha value is -10.6. The van der Waals surface area contributed by atoms with Crippen LogP contribution in [0.2, 0.25) is 0 Å². The third-order valence-electron chi connectivity index (χ3n) is 15.9. The van der Waals surface area contributed by atoms with Crippen LogP contribution in [-0.4, -0.2) is 9.13 Å². The molecule has 0 atom stereocenters. The monoisotopic (exact) mass is 1010 g/mol. The number of fused-ring (bicyclic) bond motifs is 14. The van der Waals surface area contributed by atoms with Gasteiger partial charge in [-0.2, -0.15) is 0 Å². The molecule has 14 aromatic rings. The van der Waals surface area contributed by atoms with Gasteiger partial charge in [0.25, 0.3) is 12.7 Å². The number of rotatable bonds is 6. The lowest BCUT2D eigenvalue weighted by atomic mass is 9.88. The van der Waals surface area contributed by atoms with E-state index in [9.17, 15) is 0 Å². The molecule has 4 heterocycles. The van der Waals surface area contributed by atoms with E-state index in [1.807, 2.05) is 12.1 Å². The minimum absolute atomic E-state index is 0.705. The predicted molar refractivity (Wildman–Crippen MR) is 318 cm³/mol. The molecular weight excluding hydrogens is 961 g/mol. The van der Waals surface area contributed by atoms with Gasteiger partial charge in [0.2, 0.25) is 0 Å². The highest BCUT2D eigenvalue weighted by Gasteiger charge is 2.28. The summed E-state index contributed by atoms with van der Waals surface area (Å²) in [7, 11) is 0. The molecule has 2 aliphatic heterocycles. The molecular formula is C74H46N4O. The SMILES string of the molecule is [c-]1n(-c2cccc(Oc3cccc(-n4[c-][n+]5c6c(cccc64)-c4ccccc4-c4ccccc4-c4cccc(-c6ccccc6)c4-5)c3)c2)c2cccc3c2[n+]1-c1c(-c2ccccc2)cccc1-c1ccccc1-c1ccccc1-3. The van der Waals surface area contributed by atoms with E-state index >= 15 is 0 Å². The van der Waals surface area contributed by atoms with Gasteiger partial charge in [0, 0.05) is 0 Å². The van der Waals surface area contributed by atoms with Gasteiger partial charge in [0.05, 0.1) is 44.8 Å². The van der Waals surface area contributed by atoms with Gasteiger partial charge >= 0.3 is 0 Å². The average molecular weight is 1010 g/mol. The van der Waals surface area contributed by atoms with Crippen molar-refractivity contribution in [2.24, 2.45) is 0 Å². The molecule has 2 aliphatic rings. The second-order valence-corrected chi connectivity index (χ2v) is 20.3. The fourth-order valence-corrected chi connectivity index (χ4v) is 12.5. The quantitative estimate of drug-likeness (QED) is 0.120. The van der Waals surface area contributed by atoms with Crippen molar-refractivity contribution in [2.75, 3.05) is 0 Å². The summed E-state index contributed by atoms with van der Waals surface area (Å²) in [4.78, 5) is 0. The Labute approximate surface area is 457 Å². The van der Waals surface area contributed by atoms with E-state index in [1.54, 1.807) is 0 Å². The fraction of sp³-hybridized carbons (Fsp3) is 0. The Bertz CT molecular complexity index is 4460. The zero-order valence-corrected chi connectivity index (χ0v) is 42.8. The van der Waals surface area contributed by atoms with Gasteiger partial charge < -0.3 is 4.74 Å². The minimum atomic E-state index is 0.705. The minimum Gasteiger partial charge on any atom is -0.458 e. The predicted octanol–water partition coefficient (Wildman–Crippen LogP) is 17.5. The maximum atomic E-state index is 6.95.